The summed E-state index contributed by atoms with van der Waals surface area (Å²) >= 11 is 0. The van der Waals surface area contributed by atoms with Gasteiger partial charge in [0.2, 0.25) is 11.8 Å². The molecule has 1 amide bonds. The highest BCUT2D eigenvalue weighted by Gasteiger charge is 2.22. The maximum Gasteiger partial charge on any atom is 0.322 e. The highest BCUT2D eigenvalue weighted by molar-refractivity contribution is 5.90. The average molecular weight is 315 g/mol. The molecule has 1 aromatic carbocycles. The van der Waals surface area contributed by atoms with Crippen molar-refractivity contribution in [2.45, 2.75) is 39.0 Å². The van der Waals surface area contributed by atoms with Crippen LogP contribution in [-0.4, -0.2) is 22.7 Å². The van der Waals surface area contributed by atoms with Gasteiger partial charge in [-0.1, -0.05) is 24.4 Å². The lowest BCUT2D eigenvalue weighted by molar-refractivity contribution is -0.120. The SMILES string of the molecule is CCOc1ccc(-c2nnc(NC(=O)C3CCCCC3)o2)cc1. The van der Waals surface area contributed by atoms with Gasteiger partial charge in [0.15, 0.2) is 0 Å². The van der Waals surface area contributed by atoms with Crippen molar-refractivity contribution >= 4 is 11.9 Å². The number of amides is 1. The van der Waals surface area contributed by atoms with E-state index in [-0.39, 0.29) is 17.8 Å². The number of nitrogens with one attached hydrogen (secondary N) is 1. The van der Waals surface area contributed by atoms with Crippen LogP contribution < -0.4 is 10.1 Å². The van der Waals surface area contributed by atoms with Crippen LogP contribution in [0.5, 0.6) is 5.75 Å². The van der Waals surface area contributed by atoms with Gasteiger partial charge in [-0.15, -0.1) is 5.10 Å². The summed E-state index contributed by atoms with van der Waals surface area (Å²) < 4.78 is 10.9. The van der Waals surface area contributed by atoms with E-state index in [0.717, 1.165) is 37.0 Å². The molecule has 23 heavy (non-hydrogen) atoms. The topological polar surface area (TPSA) is 77.3 Å². The van der Waals surface area contributed by atoms with Gasteiger partial charge in [-0.3, -0.25) is 10.1 Å². The Hall–Kier alpha value is -2.37. The Morgan fingerprint density at radius 3 is 2.65 bits per heavy atom. The Kier molecular flexibility index (Phi) is 4.90. The highest BCUT2D eigenvalue weighted by Crippen LogP contribution is 2.26. The van der Waals surface area contributed by atoms with E-state index in [9.17, 15) is 4.79 Å². The number of carbonyl (C=O) groups excluding carboxylic acids is 1. The van der Waals surface area contributed by atoms with Crippen LogP contribution in [0.1, 0.15) is 39.0 Å². The van der Waals surface area contributed by atoms with Gasteiger partial charge in [-0.2, -0.15) is 0 Å². The zero-order chi connectivity index (χ0) is 16.1. The molecule has 1 N–H and O–H groups in total. The quantitative estimate of drug-likeness (QED) is 0.911. The van der Waals surface area contributed by atoms with Crippen LogP contribution >= 0.6 is 0 Å². The molecular formula is C17H21N3O3. The molecule has 1 fully saturated rings. The third-order valence-corrected chi connectivity index (χ3v) is 4.04. The molecule has 0 unspecified atom stereocenters. The van der Waals surface area contributed by atoms with E-state index in [2.05, 4.69) is 15.5 Å². The maximum absolute atomic E-state index is 12.2. The number of carbonyl (C=O) groups is 1. The van der Waals surface area contributed by atoms with E-state index in [1.165, 1.54) is 6.42 Å². The van der Waals surface area contributed by atoms with Crippen molar-refractivity contribution in [1.82, 2.24) is 10.2 Å². The second-order valence-corrected chi connectivity index (χ2v) is 5.69. The second kappa shape index (κ2) is 7.26. The summed E-state index contributed by atoms with van der Waals surface area (Å²) in [6, 6.07) is 7.56. The van der Waals surface area contributed by atoms with E-state index >= 15 is 0 Å². The molecule has 1 heterocycles. The molecule has 0 radical (unpaired) electrons. The molecule has 0 saturated heterocycles. The molecule has 6 nitrogen and oxygen atoms in total. The number of hydrogen-bond acceptors (Lipinski definition) is 5. The highest BCUT2D eigenvalue weighted by atomic mass is 16.5. The summed E-state index contributed by atoms with van der Waals surface area (Å²) in [7, 11) is 0. The van der Waals surface area contributed by atoms with Crippen LogP contribution in [0.4, 0.5) is 6.01 Å². The summed E-state index contributed by atoms with van der Waals surface area (Å²) in [4.78, 5) is 12.2. The normalized spacial score (nSPS) is 15.3. The van der Waals surface area contributed by atoms with Crippen LogP contribution in [0.2, 0.25) is 0 Å². The van der Waals surface area contributed by atoms with Gasteiger partial charge in [-0.05, 0) is 44.0 Å². The van der Waals surface area contributed by atoms with Gasteiger partial charge in [-0.25, -0.2) is 0 Å². The summed E-state index contributed by atoms with van der Waals surface area (Å²) in [6.45, 7) is 2.56. The van der Waals surface area contributed by atoms with Crippen LogP contribution in [0.3, 0.4) is 0 Å². The maximum atomic E-state index is 12.2. The summed E-state index contributed by atoms with van der Waals surface area (Å²) in [5.41, 5.74) is 0.791. The largest absolute Gasteiger partial charge is 0.494 e. The predicted octanol–water partition coefficient (Wildman–Crippen LogP) is 3.65. The fraction of sp³-hybridized carbons (Fsp3) is 0.471. The minimum atomic E-state index is -0.0217. The Labute approximate surface area is 135 Å². The molecule has 1 aliphatic carbocycles. The zero-order valence-corrected chi connectivity index (χ0v) is 13.2. The van der Waals surface area contributed by atoms with Gasteiger partial charge >= 0.3 is 6.01 Å². The van der Waals surface area contributed by atoms with E-state index in [1.54, 1.807) is 0 Å². The number of benzene rings is 1. The second-order valence-electron chi connectivity index (χ2n) is 5.69. The van der Waals surface area contributed by atoms with Crippen molar-refractivity contribution in [2.75, 3.05) is 11.9 Å². The first kappa shape index (κ1) is 15.5. The molecule has 2 aromatic rings. The molecule has 1 saturated carbocycles. The summed E-state index contributed by atoms with van der Waals surface area (Å²) in [6.07, 6.45) is 5.31. The lowest BCUT2D eigenvalue weighted by Gasteiger charge is -2.19. The molecule has 0 spiro atoms. The van der Waals surface area contributed by atoms with Crippen LogP contribution in [0, 0.1) is 5.92 Å². The minimum Gasteiger partial charge on any atom is -0.494 e. The third kappa shape index (κ3) is 3.88. The Morgan fingerprint density at radius 2 is 1.96 bits per heavy atom. The molecule has 0 aliphatic heterocycles. The van der Waals surface area contributed by atoms with Crippen molar-refractivity contribution in [2.24, 2.45) is 5.92 Å². The molecule has 122 valence electrons. The molecule has 0 atom stereocenters. The molecule has 0 bridgehead atoms. The van der Waals surface area contributed by atoms with Gasteiger partial charge in [0, 0.05) is 11.5 Å². The van der Waals surface area contributed by atoms with E-state index in [4.69, 9.17) is 9.15 Å². The Morgan fingerprint density at radius 1 is 1.22 bits per heavy atom. The van der Waals surface area contributed by atoms with Crippen molar-refractivity contribution in [3.63, 3.8) is 0 Å². The lowest BCUT2D eigenvalue weighted by Crippen LogP contribution is -2.24. The monoisotopic (exact) mass is 315 g/mol. The number of anilines is 1. The molecule has 1 aliphatic rings. The van der Waals surface area contributed by atoms with Gasteiger partial charge < -0.3 is 9.15 Å². The third-order valence-electron chi connectivity index (χ3n) is 4.04. The number of ether oxygens (including phenoxy) is 1. The minimum absolute atomic E-state index is 0.0217. The summed E-state index contributed by atoms with van der Waals surface area (Å²) in [5, 5.41) is 10.6. The Bertz CT molecular complexity index is 645. The van der Waals surface area contributed by atoms with E-state index in [1.807, 2.05) is 31.2 Å². The molecular weight excluding hydrogens is 294 g/mol. The number of nitrogens with zero attached hydrogens (tertiary/aromatic N) is 2. The first-order valence-electron chi connectivity index (χ1n) is 8.14. The van der Waals surface area contributed by atoms with Crippen molar-refractivity contribution in [3.8, 4) is 17.2 Å². The fourth-order valence-electron chi connectivity index (χ4n) is 2.82. The first-order valence-corrected chi connectivity index (χ1v) is 8.14. The average Bonchev–Trinajstić information content (AvgIpc) is 3.05. The van der Waals surface area contributed by atoms with Crippen LogP contribution in [0.25, 0.3) is 11.5 Å². The number of hydrogen-bond donors (Lipinski definition) is 1. The predicted molar refractivity (Wildman–Crippen MR) is 86.1 cm³/mol. The van der Waals surface area contributed by atoms with E-state index < -0.39 is 0 Å². The van der Waals surface area contributed by atoms with Crippen LogP contribution in [0.15, 0.2) is 28.7 Å². The Balaban J connectivity index is 1.64. The molecule has 3 rings (SSSR count). The standard InChI is InChI=1S/C17H21N3O3/c1-2-22-14-10-8-13(9-11-14)16-19-20-17(23-16)18-15(21)12-6-4-3-5-7-12/h8-12H,2-7H2,1H3,(H,18,20,21). The molecule has 1 aromatic heterocycles. The van der Waals surface area contributed by atoms with Crippen molar-refractivity contribution < 1.29 is 13.9 Å². The van der Waals surface area contributed by atoms with Crippen molar-refractivity contribution in [1.29, 1.82) is 0 Å². The summed E-state index contributed by atoms with van der Waals surface area (Å²) in [5.74, 6) is 1.21. The van der Waals surface area contributed by atoms with Crippen molar-refractivity contribution in [3.05, 3.63) is 24.3 Å². The smallest absolute Gasteiger partial charge is 0.322 e. The first-order chi connectivity index (χ1) is 11.3. The van der Waals surface area contributed by atoms with Gasteiger partial charge in [0.1, 0.15) is 5.75 Å². The lowest BCUT2D eigenvalue weighted by atomic mass is 9.89. The van der Waals surface area contributed by atoms with E-state index in [0.29, 0.717) is 12.5 Å². The van der Waals surface area contributed by atoms with Gasteiger partial charge in [0.05, 0.1) is 6.61 Å². The van der Waals surface area contributed by atoms with Crippen LogP contribution in [-0.2, 0) is 4.79 Å². The number of rotatable bonds is 5. The van der Waals surface area contributed by atoms with Gasteiger partial charge in [0.25, 0.3) is 0 Å². The number of aromatic nitrogens is 2. The molecule has 6 heteroatoms. The fourth-order valence-corrected chi connectivity index (χ4v) is 2.82. The zero-order valence-electron chi connectivity index (χ0n) is 13.2.